The molecule has 5 nitrogen and oxygen atoms in total. The van der Waals surface area contributed by atoms with Gasteiger partial charge in [0.2, 0.25) is 5.91 Å². The first-order valence-electron chi connectivity index (χ1n) is 7.18. The van der Waals surface area contributed by atoms with Crippen LogP contribution < -0.4 is 10.6 Å². The van der Waals surface area contributed by atoms with Gasteiger partial charge in [0.05, 0.1) is 11.9 Å². The number of hydrogen-bond donors (Lipinski definition) is 2. The van der Waals surface area contributed by atoms with Crippen molar-refractivity contribution in [2.75, 3.05) is 6.54 Å². The molecule has 0 spiro atoms. The number of hydrogen-bond acceptors (Lipinski definition) is 3. The van der Waals surface area contributed by atoms with Crippen molar-refractivity contribution in [1.29, 1.82) is 0 Å². The topological polar surface area (TPSA) is 59.0 Å². The van der Waals surface area contributed by atoms with E-state index in [4.69, 9.17) is 0 Å². The third-order valence-electron chi connectivity index (χ3n) is 3.78. The molecule has 0 aromatic carbocycles. The van der Waals surface area contributed by atoms with Crippen LogP contribution in [0.3, 0.4) is 0 Å². The van der Waals surface area contributed by atoms with Gasteiger partial charge >= 0.3 is 0 Å². The molecule has 0 bridgehead atoms. The van der Waals surface area contributed by atoms with E-state index in [-0.39, 0.29) is 17.5 Å². The first kappa shape index (κ1) is 14.1. The fraction of sp³-hybridized carbons (Fsp3) is 0.714. The van der Waals surface area contributed by atoms with Crippen LogP contribution >= 0.6 is 0 Å². The molecule has 0 saturated carbocycles. The summed E-state index contributed by atoms with van der Waals surface area (Å²) in [7, 11) is 0. The molecule has 1 fully saturated rings. The zero-order chi connectivity index (χ0) is 13.7. The first-order chi connectivity index (χ1) is 9.16. The molecule has 2 N–H and O–H groups in total. The molecule has 19 heavy (non-hydrogen) atoms. The van der Waals surface area contributed by atoms with E-state index in [0.717, 1.165) is 38.8 Å². The molecular formula is C14H24N4O. The normalized spacial score (nSPS) is 24.3. The Morgan fingerprint density at radius 2 is 2.47 bits per heavy atom. The van der Waals surface area contributed by atoms with Gasteiger partial charge in [0, 0.05) is 25.0 Å². The number of carbonyl (C=O) groups excluding carboxylic acids is 1. The van der Waals surface area contributed by atoms with Crippen LogP contribution in [0.5, 0.6) is 0 Å². The fourth-order valence-corrected chi connectivity index (χ4v) is 2.87. The van der Waals surface area contributed by atoms with Gasteiger partial charge in [0.15, 0.2) is 0 Å². The van der Waals surface area contributed by atoms with E-state index in [1.807, 2.05) is 17.7 Å². The Hall–Kier alpha value is -1.36. The third-order valence-corrected chi connectivity index (χ3v) is 3.78. The van der Waals surface area contributed by atoms with Gasteiger partial charge in [-0.15, -0.1) is 0 Å². The van der Waals surface area contributed by atoms with Gasteiger partial charge in [0.1, 0.15) is 0 Å². The molecule has 0 radical (unpaired) electrons. The number of carbonyl (C=O) groups is 1. The molecule has 1 aliphatic heterocycles. The van der Waals surface area contributed by atoms with Crippen LogP contribution in [-0.2, 0) is 11.3 Å². The van der Waals surface area contributed by atoms with E-state index in [1.165, 1.54) is 0 Å². The maximum atomic E-state index is 12.5. The van der Waals surface area contributed by atoms with Crippen LogP contribution in [0.4, 0.5) is 0 Å². The van der Waals surface area contributed by atoms with Crippen LogP contribution in [0, 0.1) is 0 Å². The molecule has 106 valence electrons. The molecule has 1 aliphatic rings. The Morgan fingerprint density at radius 3 is 3.05 bits per heavy atom. The highest BCUT2D eigenvalue weighted by molar-refractivity contribution is 5.86. The van der Waals surface area contributed by atoms with Gasteiger partial charge in [-0.3, -0.25) is 4.79 Å². The molecule has 1 saturated heterocycles. The Bertz CT molecular complexity index is 396. The quantitative estimate of drug-likeness (QED) is 0.814. The summed E-state index contributed by atoms with van der Waals surface area (Å²) in [5.41, 5.74) is -0.335. The molecule has 1 aromatic heterocycles. The zero-order valence-electron chi connectivity index (χ0n) is 11.9. The van der Waals surface area contributed by atoms with Gasteiger partial charge in [-0.25, -0.2) is 4.98 Å². The molecule has 0 aliphatic carbocycles. The SMILES string of the molecule is CCCC1(C(=O)NC(C)Cn2ccnc2)CCCN1. The van der Waals surface area contributed by atoms with Crippen molar-refractivity contribution in [2.45, 2.75) is 57.7 Å². The molecule has 2 heterocycles. The van der Waals surface area contributed by atoms with E-state index in [1.54, 1.807) is 12.5 Å². The van der Waals surface area contributed by atoms with E-state index in [0.29, 0.717) is 0 Å². The van der Waals surface area contributed by atoms with Crippen molar-refractivity contribution in [3.63, 3.8) is 0 Å². The smallest absolute Gasteiger partial charge is 0.240 e. The van der Waals surface area contributed by atoms with Gasteiger partial charge < -0.3 is 15.2 Å². The van der Waals surface area contributed by atoms with Gasteiger partial charge in [-0.05, 0) is 32.7 Å². The predicted molar refractivity (Wildman–Crippen MR) is 74.7 cm³/mol. The summed E-state index contributed by atoms with van der Waals surface area (Å²) < 4.78 is 1.99. The second kappa shape index (κ2) is 6.19. The number of nitrogens with one attached hydrogen (secondary N) is 2. The monoisotopic (exact) mass is 264 g/mol. The minimum Gasteiger partial charge on any atom is -0.350 e. The predicted octanol–water partition coefficient (Wildman–Crippen LogP) is 1.31. The maximum Gasteiger partial charge on any atom is 0.240 e. The van der Waals surface area contributed by atoms with Crippen LogP contribution in [0.15, 0.2) is 18.7 Å². The van der Waals surface area contributed by atoms with Crippen molar-refractivity contribution >= 4 is 5.91 Å². The van der Waals surface area contributed by atoms with Crippen molar-refractivity contribution in [3.8, 4) is 0 Å². The Labute approximate surface area is 114 Å². The number of rotatable bonds is 6. The summed E-state index contributed by atoms with van der Waals surface area (Å²) in [4.78, 5) is 16.5. The van der Waals surface area contributed by atoms with Gasteiger partial charge in [-0.1, -0.05) is 13.3 Å². The Kier molecular flexibility index (Phi) is 4.58. The third kappa shape index (κ3) is 3.35. The zero-order valence-corrected chi connectivity index (χ0v) is 11.9. The van der Waals surface area contributed by atoms with Crippen LogP contribution in [0.25, 0.3) is 0 Å². The molecule has 1 aromatic rings. The summed E-state index contributed by atoms with van der Waals surface area (Å²) in [5.74, 6) is 0.152. The molecule has 1 amide bonds. The maximum absolute atomic E-state index is 12.5. The van der Waals surface area contributed by atoms with Crippen LogP contribution in [0.1, 0.15) is 39.5 Å². The highest BCUT2D eigenvalue weighted by Crippen LogP contribution is 2.25. The Morgan fingerprint density at radius 1 is 1.63 bits per heavy atom. The largest absolute Gasteiger partial charge is 0.350 e. The summed E-state index contributed by atoms with van der Waals surface area (Å²) >= 11 is 0. The summed E-state index contributed by atoms with van der Waals surface area (Å²) in [6.45, 7) is 5.87. The number of nitrogens with zero attached hydrogens (tertiary/aromatic N) is 2. The van der Waals surface area contributed by atoms with Crippen molar-refractivity contribution in [1.82, 2.24) is 20.2 Å². The summed E-state index contributed by atoms with van der Waals surface area (Å²) in [5, 5.41) is 6.54. The highest BCUT2D eigenvalue weighted by atomic mass is 16.2. The molecule has 5 heteroatoms. The second-order valence-corrected chi connectivity index (χ2v) is 5.50. The van der Waals surface area contributed by atoms with E-state index in [9.17, 15) is 4.79 Å². The van der Waals surface area contributed by atoms with Gasteiger partial charge in [-0.2, -0.15) is 0 Å². The lowest BCUT2D eigenvalue weighted by Gasteiger charge is -2.29. The number of aromatic nitrogens is 2. The average Bonchev–Trinajstić information content (AvgIpc) is 3.01. The van der Waals surface area contributed by atoms with Crippen molar-refractivity contribution in [2.24, 2.45) is 0 Å². The van der Waals surface area contributed by atoms with Crippen molar-refractivity contribution in [3.05, 3.63) is 18.7 Å². The lowest BCUT2D eigenvalue weighted by atomic mass is 9.90. The standard InChI is InChI=1S/C14H24N4O/c1-3-5-14(6-4-7-16-14)13(19)17-12(2)10-18-9-8-15-11-18/h8-9,11-12,16H,3-7,10H2,1-2H3,(H,17,19). The summed E-state index contributed by atoms with van der Waals surface area (Å²) in [6, 6.07) is 0.109. The highest BCUT2D eigenvalue weighted by Gasteiger charge is 2.40. The van der Waals surface area contributed by atoms with E-state index in [2.05, 4.69) is 22.5 Å². The molecule has 2 unspecified atom stereocenters. The number of amides is 1. The lowest BCUT2D eigenvalue weighted by molar-refractivity contribution is -0.128. The molecular weight excluding hydrogens is 240 g/mol. The number of imidazole rings is 1. The molecule has 2 rings (SSSR count). The first-order valence-corrected chi connectivity index (χ1v) is 7.18. The second-order valence-electron chi connectivity index (χ2n) is 5.50. The Balaban J connectivity index is 1.91. The van der Waals surface area contributed by atoms with E-state index >= 15 is 0 Å². The summed E-state index contributed by atoms with van der Waals surface area (Å²) in [6.07, 6.45) is 9.42. The van der Waals surface area contributed by atoms with Crippen LogP contribution in [-0.4, -0.2) is 33.6 Å². The van der Waals surface area contributed by atoms with Crippen molar-refractivity contribution < 1.29 is 4.79 Å². The van der Waals surface area contributed by atoms with Crippen LogP contribution in [0.2, 0.25) is 0 Å². The van der Waals surface area contributed by atoms with Gasteiger partial charge in [0.25, 0.3) is 0 Å². The fourth-order valence-electron chi connectivity index (χ4n) is 2.87. The van der Waals surface area contributed by atoms with E-state index < -0.39 is 0 Å². The molecule has 2 atom stereocenters. The minimum absolute atomic E-state index is 0.109. The lowest BCUT2D eigenvalue weighted by Crippen LogP contribution is -2.55. The average molecular weight is 264 g/mol. The minimum atomic E-state index is -0.335.